The number of rotatable bonds is 5. The molecule has 0 saturated heterocycles. The van der Waals surface area contributed by atoms with Crippen LogP contribution in [0.1, 0.15) is 10.6 Å². The maximum atomic E-state index is 5.85. The van der Waals surface area contributed by atoms with E-state index in [-0.39, 0.29) is 0 Å². The molecule has 2 aromatic heterocycles. The minimum Gasteiger partial charge on any atom is -0.311 e. The summed E-state index contributed by atoms with van der Waals surface area (Å²) in [6.45, 7) is 1.82. The average Bonchev–Trinajstić information content (AvgIpc) is 2.83. The molecule has 0 amide bonds. The van der Waals surface area contributed by atoms with Gasteiger partial charge in [0.2, 0.25) is 0 Å². The lowest BCUT2D eigenvalue weighted by Gasteiger charge is -2.00. The first-order valence-corrected chi connectivity index (χ1v) is 6.37. The lowest BCUT2D eigenvalue weighted by atomic mass is 10.3. The third-order valence-corrected chi connectivity index (χ3v) is 3.49. The van der Waals surface area contributed by atoms with E-state index in [2.05, 4.69) is 16.5 Å². The van der Waals surface area contributed by atoms with Crippen LogP contribution in [0.4, 0.5) is 0 Å². The van der Waals surface area contributed by atoms with Crippen LogP contribution in [0.2, 0.25) is 4.34 Å². The molecule has 0 fully saturated rings. The number of nitrogens with one attached hydrogen (secondary N) is 1. The van der Waals surface area contributed by atoms with Crippen LogP contribution < -0.4 is 5.32 Å². The van der Waals surface area contributed by atoms with Gasteiger partial charge in [-0.1, -0.05) is 11.6 Å². The van der Waals surface area contributed by atoms with Gasteiger partial charge in [-0.2, -0.15) is 5.10 Å². The van der Waals surface area contributed by atoms with E-state index in [0.717, 1.165) is 29.5 Å². The Morgan fingerprint density at radius 1 is 1.44 bits per heavy atom. The molecule has 16 heavy (non-hydrogen) atoms. The maximum Gasteiger partial charge on any atom is 0.0931 e. The van der Waals surface area contributed by atoms with E-state index in [1.54, 1.807) is 11.3 Å². The maximum absolute atomic E-state index is 5.85. The van der Waals surface area contributed by atoms with E-state index >= 15 is 0 Å². The molecule has 0 atom stereocenters. The highest BCUT2D eigenvalue weighted by Crippen LogP contribution is 2.20. The Bertz CT molecular complexity index is 407. The molecule has 0 bridgehead atoms. The molecular weight excluding hydrogens is 242 g/mol. The number of hydrogen-bond donors (Lipinski definition) is 1. The summed E-state index contributed by atoms with van der Waals surface area (Å²) < 4.78 is 2.68. The molecule has 2 aromatic rings. The van der Waals surface area contributed by atoms with Gasteiger partial charge in [0.25, 0.3) is 0 Å². The van der Waals surface area contributed by atoms with E-state index in [9.17, 15) is 0 Å². The van der Waals surface area contributed by atoms with Crippen molar-refractivity contribution in [1.29, 1.82) is 0 Å². The van der Waals surface area contributed by atoms with Gasteiger partial charge in [-0.3, -0.25) is 4.68 Å². The summed E-state index contributed by atoms with van der Waals surface area (Å²) >= 11 is 7.47. The third-order valence-electron chi connectivity index (χ3n) is 2.25. The molecule has 1 N–H and O–H groups in total. The van der Waals surface area contributed by atoms with Crippen LogP contribution in [0.5, 0.6) is 0 Å². The fraction of sp³-hybridized carbons (Fsp3) is 0.364. The van der Waals surface area contributed by atoms with Gasteiger partial charge in [0.05, 0.1) is 10.0 Å². The highest BCUT2D eigenvalue weighted by molar-refractivity contribution is 7.16. The van der Waals surface area contributed by atoms with Gasteiger partial charge >= 0.3 is 0 Å². The van der Waals surface area contributed by atoms with Crippen molar-refractivity contribution in [2.45, 2.75) is 13.0 Å². The van der Waals surface area contributed by atoms with Gasteiger partial charge in [0.15, 0.2) is 0 Å². The van der Waals surface area contributed by atoms with E-state index < -0.39 is 0 Å². The summed E-state index contributed by atoms with van der Waals surface area (Å²) in [7, 11) is 1.94. The average molecular weight is 256 g/mol. The van der Waals surface area contributed by atoms with Gasteiger partial charge in [0.1, 0.15) is 0 Å². The van der Waals surface area contributed by atoms with Crippen LogP contribution in [-0.4, -0.2) is 16.3 Å². The van der Waals surface area contributed by atoms with Crippen molar-refractivity contribution in [3.63, 3.8) is 0 Å². The van der Waals surface area contributed by atoms with Gasteiger partial charge < -0.3 is 5.32 Å². The molecule has 86 valence electrons. The molecule has 0 radical (unpaired) electrons. The largest absolute Gasteiger partial charge is 0.311 e. The summed E-state index contributed by atoms with van der Waals surface area (Å²) in [6.07, 6.45) is 2.92. The van der Waals surface area contributed by atoms with Crippen molar-refractivity contribution in [2.24, 2.45) is 7.05 Å². The fourth-order valence-corrected chi connectivity index (χ4v) is 2.53. The Morgan fingerprint density at radius 3 is 2.94 bits per heavy atom. The Kier molecular flexibility index (Phi) is 3.98. The Labute approximate surface area is 104 Å². The minimum atomic E-state index is 0.849. The molecule has 0 unspecified atom stereocenters. The van der Waals surface area contributed by atoms with Gasteiger partial charge in [-0.15, -0.1) is 11.3 Å². The van der Waals surface area contributed by atoms with Crippen LogP contribution >= 0.6 is 22.9 Å². The molecule has 0 aliphatic carbocycles. The van der Waals surface area contributed by atoms with Crippen molar-refractivity contribution in [3.05, 3.63) is 39.3 Å². The molecule has 5 heteroatoms. The number of aryl methyl sites for hydroxylation is 1. The van der Waals surface area contributed by atoms with Crippen LogP contribution in [-0.2, 0) is 20.0 Å². The van der Waals surface area contributed by atoms with Crippen molar-refractivity contribution in [2.75, 3.05) is 6.54 Å². The number of nitrogens with zero attached hydrogens (tertiary/aromatic N) is 2. The lowest BCUT2D eigenvalue weighted by molar-refractivity contribution is 0.670. The monoisotopic (exact) mass is 255 g/mol. The minimum absolute atomic E-state index is 0.849. The van der Waals surface area contributed by atoms with E-state index in [1.807, 2.05) is 30.1 Å². The quantitative estimate of drug-likeness (QED) is 0.832. The smallest absolute Gasteiger partial charge is 0.0931 e. The van der Waals surface area contributed by atoms with Crippen molar-refractivity contribution < 1.29 is 0 Å². The Balaban J connectivity index is 1.69. The topological polar surface area (TPSA) is 29.9 Å². The van der Waals surface area contributed by atoms with E-state index in [0.29, 0.717) is 0 Å². The number of thiophene rings is 1. The first-order valence-electron chi connectivity index (χ1n) is 5.17. The molecule has 0 spiro atoms. The molecule has 0 aliphatic heterocycles. The second kappa shape index (κ2) is 5.48. The van der Waals surface area contributed by atoms with Crippen LogP contribution in [0.25, 0.3) is 0 Å². The summed E-state index contributed by atoms with van der Waals surface area (Å²) in [4.78, 5) is 1.27. The Morgan fingerprint density at radius 2 is 2.31 bits per heavy atom. The fourth-order valence-electron chi connectivity index (χ4n) is 1.47. The van der Waals surface area contributed by atoms with Gasteiger partial charge in [-0.05, 0) is 18.2 Å². The lowest BCUT2D eigenvalue weighted by Crippen LogP contribution is -2.16. The van der Waals surface area contributed by atoms with Crippen molar-refractivity contribution >= 4 is 22.9 Å². The summed E-state index contributed by atoms with van der Waals surface area (Å²) in [6, 6.07) is 6.03. The first-order chi connectivity index (χ1) is 7.74. The number of hydrogen-bond acceptors (Lipinski definition) is 3. The zero-order valence-electron chi connectivity index (χ0n) is 9.11. The summed E-state index contributed by atoms with van der Waals surface area (Å²) in [5.41, 5.74) is 1.12. The second-order valence-corrected chi connectivity index (χ2v) is 5.41. The van der Waals surface area contributed by atoms with Crippen molar-refractivity contribution in [1.82, 2.24) is 15.1 Å². The third kappa shape index (κ3) is 3.33. The molecule has 0 aliphatic rings. The first kappa shape index (κ1) is 11.6. The molecule has 3 nitrogen and oxygen atoms in total. The van der Waals surface area contributed by atoms with E-state index in [1.165, 1.54) is 4.88 Å². The predicted octanol–water partition coefficient (Wildman–Crippen LogP) is 2.47. The van der Waals surface area contributed by atoms with Crippen LogP contribution in [0.3, 0.4) is 0 Å². The zero-order valence-corrected chi connectivity index (χ0v) is 10.7. The van der Waals surface area contributed by atoms with Crippen LogP contribution in [0.15, 0.2) is 24.4 Å². The SMILES string of the molecule is Cn1ccc(CCNCc2ccc(Cl)s2)n1. The highest BCUT2D eigenvalue weighted by atomic mass is 35.5. The standard InChI is InChI=1S/C11H14ClN3S/c1-15-7-5-9(14-15)4-6-13-8-10-2-3-11(12)16-10/h2-3,5,7,13H,4,6,8H2,1H3. The number of halogens is 1. The molecule has 2 rings (SSSR count). The molecular formula is C11H14ClN3S. The second-order valence-electron chi connectivity index (χ2n) is 3.61. The van der Waals surface area contributed by atoms with Gasteiger partial charge in [-0.25, -0.2) is 0 Å². The number of aromatic nitrogens is 2. The van der Waals surface area contributed by atoms with Crippen molar-refractivity contribution in [3.8, 4) is 0 Å². The van der Waals surface area contributed by atoms with Crippen LogP contribution in [0, 0.1) is 0 Å². The summed E-state index contributed by atoms with van der Waals surface area (Å²) in [5.74, 6) is 0. The Hall–Kier alpha value is -0.840. The summed E-state index contributed by atoms with van der Waals surface area (Å²) in [5, 5.41) is 7.69. The molecule has 0 saturated carbocycles. The van der Waals surface area contributed by atoms with Gasteiger partial charge in [0, 0.05) is 37.6 Å². The zero-order chi connectivity index (χ0) is 11.4. The predicted molar refractivity (Wildman–Crippen MR) is 67.9 cm³/mol. The molecule has 0 aromatic carbocycles. The highest BCUT2D eigenvalue weighted by Gasteiger charge is 1.99. The molecule has 2 heterocycles. The normalized spacial score (nSPS) is 10.9. The van der Waals surface area contributed by atoms with E-state index in [4.69, 9.17) is 11.6 Å².